The lowest BCUT2D eigenvalue weighted by Gasteiger charge is -2.29. The third-order valence-electron chi connectivity index (χ3n) is 3.28. The first-order chi connectivity index (χ1) is 10.1. The normalized spacial score (nSPS) is 16.7. The molecule has 1 atom stereocenters. The van der Waals surface area contributed by atoms with Crippen molar-refractivity contribution in [2.45, 2.75) is 32.6 Å². The van der Waals surface area contributed by atoms with Crippen LogP contribution >= 0.6 is 0 Å². The van der Waals surface area contributed by atoms with Crippen molar-refractivity contribution in [3.05, 3.63) is 29.3 Å². The van der Waals surface area contributed by atoms with Crippen LogP contribution in [0.4, 0.5) is 0 Å². The van der Waals surface area contributed by atoms with E-state index >= 15 is 0 Å². The number of nitrogens with one attached hydrogen (secondary N) is 1. The van der Waals surface area contributed by atoms with Gasteiger partial charge in [0, 0.05) is 6.42 Å². The van der Waals surface area contributed by atoms with Crippen LogP contribution in [0.1, 0.15) is 36.2 Å². The largest absolute Gasteiger partial charge is 0.547 e. The Morgan fingerprint density at radius 1 is 1.48 bits per heavy atom. The number of carbonyl (C=O) groups excluding carboxylic acids is 2. The number of carbonyl (C=O) groups is 2. The van der Waals surface area contributed by atoms with Crippen molar-refractivity contribution < 1.29 is 24.0 Å². The van der Waals surface area contributed by atoms with E-state index in [2.05, 4.69) is 5.32 Å². The van der Waals surface area contributed by atoms with E-state index in [4.69, 9.17) is 9.39 Å². The van der Waals surface area contributed by atoms with Crippen molar-refractivity contribution in [1.82, 2.24) is 5.32 Å². The van der Waals surface area contributed by atoms with Gasteiger partial charge in [0.2, 0.25) is 5.91 Å². The predicted octanol–water partition coefficient (Wildman–Crippen LogP) is 0.713. The zero-order valence-electron chi connectivity index (χ0n) is 12.1. The Kier molecular flexibility index (Phi) is 4.85. The van der Waals surface area contributed by atoms with Crippen LogP contribution in [0.25, 0.3) is 0 Å². The van der Waals surface area contributed by atoms with Gasteiger partial charge in [0.15, 0.2) is 0 Å². The highest BCUT2D eigenvalue weighted by Crippen LogP contribution is 2.30. The standard InChI is InChI=1S/C14H18BNO5/c1-3-12(17)16-11-8-9-6-5-7-10(14(18)20-4-2)13(9)21-15(11)19/h5-7,11,19H,3-4,8H2,1-2H3,(H,16,17). The first kappa shape index (κ1) is 15.4. The maximum absolute atomic E-state index is 11.9. The average molecular weight is 291 g/mol. The van der Waals surface area contributed by atoms with Crippen LogP contribution in [-0.2, 0) is 16.0 Å². The molecule has 0 aromatic heterocycles. The summed E-state index contributed by atoms with van der Waals surface area (Å²) < 4.78 is 10.4. The van der Waals surface area contributed by atoms with Crippen LogP contribution in [0.15, 0.2) is 18.2 Å². The summed E-state index contributed by atoms with van der Waals surface area (Å²) in [6, 6.07) is 5.12. The molecule has 0 spiro atoms. The number of amides is 1. The summed E-state index contributed by atoms with van der Waals surface area (Å²) in [5.74, 6) is -0.849. The summed E-state index contributed by atoms with van der Waals surface area (Å²) in [6.45, 7) is 3.72. The summed E-state index contributed by atoms with van der Waals surface area (Å²) >= 11 is 0. The average Bonchev–Trinajstić information content (AvgIpc) is 2.47. The van der Waals surface area contributed by atoms with E-state index in [1.54, 1.807) is 32.0 Å². The third-order valence-corrected chi connectivity index (χ3v) is 3.28. The molecular weight excluding hydrogens is 273 g/mol. The lowest BCUT2D eigenvalue weighted by molar-refractivity contribution is -0.121. The van der Waals surface area contributed by atoms with Crippen molar-refractivity contribution in [3.8, 4) is 5.75 Å². The van der Waals surface area contributed by atoms with Crippen molar-refractivity contribution >= 4 is 19.0 Å². The van der Waals surface area contributed by atoms with Crippen molar-refractivity contribution in [3.63, 3.8) is 0 Å². The summed E-state index contributed by atoms with van der Waals surface area (Å²) in [5.41, 5.74) is 1.04. The van der Waals surface area contributed by atoms with Gasteiger partial charge >= 0.3 is 13.1 Å². The highest BCUT2D eigenvalue weighted by Gasteiger charge is 2.37. The van der Waals surface area contributed by atoms with Crippen LogP contribution < -0.4 is 9.97 Å². The van der Waals surface area contributed by atoms with Crippen LogP contribution in [0.3, 0.4) is 0 Å². The van der Waals surface area contributed by atoms with Gasteiger partial charge in [0.25, 0.3) is 0 Å². The van der Waals surface area contributed by atoms with Crippen LogP contribution in [0.5, 0.6) is 5.75 Å². The fourth-order valence-electron chi connectivity index (χ4n) is 2.23. The van der Waals surface area contributed by atoms with Gasteiger partial charge in [-0.1, -0.05) is 19.1 Å². The molecule has 1 amide bonds. The summed E-state index contributed by atoms with van der Waals surface area (Å²) in [6.07, 6.45) is 0.731. The third kappa shape index (κ3) is 3.36. The first-order valence-electron chi connectivity index (χ1n) is 6.99. The number of hydrogen-bond donors (Lipinski definition) is 2. The number of benzene rings is 1. The van der Waals surface area contributed by atoms with Gasteiger partial charge in [-0.15, -0.1) is 0 Å². The zero-order chi connectivity index (χ0) is 15.4. The molecule has 6 nitrogen and oxygen atoms in total. The van der Waals surface area contributed by atoms with Gasteiger partial charge in [0.1, 0.15) is 11.3 Å². The van der Waals surface area contributed by atoms with Gasteiger partial charge < -0.3 is 19.7 Å². The molecule has 0 saturated carbocycles. The van der Waals surface area contributed by atoms with E-state index in [1.165, 1.54) is 0 Å². The molecule has 1 aromatic carbocycles. The summed E-state index contributed by atoms with van der Waals surface area (Å²) in [4.78, 5) is 23.3. The van der Waals surface area contributed by atoms with Crippen LogP contribution in [-0.4, -0.2) is 36.6 Å². The Bertz CT molecular complexity index is 548. The minimum absolute atomic E-state index is 0.160. The maximum Gasteiger partial charge on any atom is 0.547 e. The number of hydrogen-bond acceptors (Lipinski definition) is 5. The molecule has 1 heterocycles. The highest BCUT2D eigenvalue weighted by atomic mass is 16.5. The molecule has 0 aliphatic carbocycles. The number of rotatable bonds is 4. The fourth-order valence-corrected chi connectivity index (χ4v) is 2.23. The molecule has 1 unspecified atom stereocenters. The Hall–Kier alpha value is -2.02. The molecule has 0 fully saturated rings. The minimum Gasteiger partial charge on any atom is -0.534 e. The summed E-state index contributed by atoms with van der Waals surface area (Å²) in [7, 11) is -1.19. The van der Waals surface area contributed by atoms with Crippen LogP contribution in [0.2, 0.25) is 0 Å². The number of ether oxygens (including phenoxy) is 1. The van der Waals surface area contributed by atoms with Gasteiger partial charge in [-0.05, 0) is 25.0 Å². The lowest BCUT2D eigenvalue weighted by Crippen LogP contribution is -2.53. The maximum atomic E-state index is 11.9. The molecule has 21 heavy (non-hydrogen) atoms. The first-order valence-corrected chi connectivity index (χ1v) is 6.99. The molecule has 7 heteroatoms. The molecular formula is C14H18BNO5. The van der Waals surface area contributed by atoms with Gasteiger partial charge in [-0.2, -0.15) is 0 Å². The second-order valence-electron chi connectivity index (χ2n) is 4.75. The van der Waals surface area contributed by atoms with Crippen molar-refractivity contribution in [2.24, 2.45) is 0 Å². The van der Waals surface area contributed by atoms with Gasteiger partial charge in [-0.25, -0.2) is 4.79 Å². The van der Waals surface area contributed by atoms with E-state index in [0.29, 0.717) is 18.6 Å². The highest BCUT2D eigenvalue weighted by molar-refractivity contribution is 6.47. The Morgan fingerprint density at radius 2 is 2.24 bits per heavy atom. The second-order valence-corrected chi connectivity index (χ2v) is 4.75. The van der Waals surface area contributed by atoms with Gasteiger partial charge in [0.05, 0.1) is 12.5 Å². The van der Waals surface area contributed by atoms with Crippen molar-refractivity contribution in [2.75, 3.05) is 6.61 Å². The van der Waals surface area contributed by atoms with E-state index in [1.807, 2.05) is 0 Å². The number of esters is 1. The lowest BCUT2D eigenvalue weighted by atomic mass is 9.72. The van der Waals surface area contributed by atoms with E-state index < -0.39 is 19.0 Å². The number of fused-ring (bicyclic) bond motifs is 1. The fraction of sp³-hybridized carbons (Fsp3) is 0.429. The molecule has 0 saturated heterocycles. The molecule has 1 aliphatic rings. The molecule has 1 aromatic rings. The Labute approximate surface area is 123 Å². The molecule has 1 aliphatic heterocycles. The predicted molar refractivity (Wildman–Crippen MR) is 76.9 cm³/mol. The van der Waals surface area contributed by atoms with E-state index in [9.17, 15) is 14.6 Å². The monoisotopic (exact) mass is 291 g/mol. The molecule has 2 N–H and O–H groups in total. The van der Waals surface area contributed by atoms with Gasteiger partial charge in [-0.3, -0.25) is 4.79 Å². The Morgan fingerprint density at radius 3 is 2.90 bits per heavy atom. The molecule has 0 radical (unpaired) electrons. The Balaban J connectivity index is 2.24. The topological polar surface area (TPSA) is 84.9 Å². The SMILES string of the molecule is CCOC(=O)c1cccc2c1OB(O)C(NC(=O)CC)C2. The minimum atomic E-state index is -1.19. The number of para-hydroxylation sites is 1. The van der Waals surface area contributed by atoms with E-state index in [-0.39, 0.29) is 18.1 Å². The van der Waals surface area contributed by atoms with Crippen LogP contribution in [0, 0.1) is 0 Å². The molecule has 0 bridgehead atoms. The second kappa shape index (κ2) is 6.63. The molecule has 112 valence electrons. The summed E-state index contributed by atoms with van der Waals surface area (Å²) in [5, 5.41) is 12.7. The molecule has 2 rings (SSSR count). The quantitative estimate of drug-likeness (QED) is 0.630. The van der Waals surface area contributed by atoms with E-state index in [0.717, 1.165) is 5.56 Å². The van der Waals surface area contributed by atoms with Crippen molar-refractivity contribution in [1.29, 1.82) is 0 Å². The zero-order valence-corrected chi connectivity index (χ0v) is 12.1. The smallest absolute Gasteiger partial charge is 0.534 e.